The standard InChI is InChI=1S/C19H22ClNO2/c1-4-14-10-11-16(20)15(5-2)19(14)21-18(22)12-23-17-9-7-6-8-13(17)3/h6-11H,4-5,12H2,1-3H3,(H,21,22). The van der Waals surface area contributed by atoms with Gasteiger partial charge in [0.1, 0.15) is 5.75 Å². The van der Waals surface area contributed by atoms with Crippen LogP contribution in [0.4, 0.5) is 5.69 Å². The lowest BCUT2D eigenvalue weighted by atomic mass is 10.0. The fraction of sp³-hybridized carbons (Fsp3) is 0.316. The zero-order valence-electron chi connectivity index (χ0n) is 13.8. The summed E-state index contributed by atoms with van der Waals surface area (Å²) in [5.74, 6) is 0.542. The van der Waals surface area contributed by atoms with Crippen molar-refractivity contribution in [2.24, 2.45) is 0 Å². The van der Waals surface area contributed by atoms with Gasteiger partial charge in [0.25, 0.3) is 5.91 Å². The number of halogens is 1. The summed E-state index contributed by atoms with van der Waals surface area (Å²) in [6.07, 6.45) is 1.60. The van der Waals surface area contributed by atoms with Crippen molar-refractivity contribution < 1.29 is 9.53 Å². The lowest BCUT2D eigenvalue weighted by Gasteiger charge is -2.16. The van der Waals surface area contributed by atoms with E-state index in [0.29, 0.717) is 5.02 Å². The first-order chi connectivity index (χ1) is 11.1. The van der Waals surface area contributed by atoms with Crippen molar-refractivity contribution in [3.8, 4) is 5.75 Å². The molecule has 0 saturated carbocycles. The second kappa shape index (κ2) is 8.02. The lowest BCUT2D eigenvalue weighted by molar-refractivity contribution is -0.118. The average molecular weight is 332 g/mol. The van der Waals surface area contributed by atoms with E-state index in [0.717, 1.165) is 41.0 Å². The molecule has 1 amide bonds. The van der Waals surface area contributed by atoms with E-state index in [1.165, 1.54) is 0 Å². The Morgan fingerprint density at radius 3 is 2.52 bits per heavy atom. The summed E-state index contributed by atoms with van der Waals surface area (Å²) >= 11 is 6.25. The fourth-order valence-corrected chi connectivity index (χ4v) is 2.80. The smallest absolute Gasteiger partial charge is 0.262 e. The highest BCUT2D eigenvalue weighted by Crippen LogP contribution is 2.29. The van der Waals surface area contributed by atoms with Crippen molar-refractivity contribution in [1.82, 2.24) is 0 Å². The van der Waals surface area contributed by atoms with Gasteiger partial charge in [0.15, 0.2) is 6.61 Å². The van der Waals surface area contributed by atoms with Crippen LogP contribution in [-0.2, 0) is 17.6 Å². The van der Waals surface area contributed by atoms with Gasteiger partial charge in [0.2, 0.25) is 0 Å². The number of aryl methyl sites for hydroxylation is 2. The van der Waals surface area contributed by atoms with Crippen molar-refractivity contribution >= 4 is 23.2 Å². The van der Waals surface area contributed by atoms with Crippen molar-refractivity contribution in [1.29, 1.82) is 0 Å². The number of ether oxygens (including phenoxy) is 1. The minimum Gasteiger partial charge on any atom is -0.483 e. The highest BCUT2D eigenvalue weighted by atomic mass is 35.5. The van der Waals surface area contributed by atoms with E-state index in [2.05, 4.69) is 12.2 Å². The van der Waals surface area contributed by atoms with E-state index in [1.54, 1.807) is 0 Å². The van der Waals surface area contributed by atoms with E-state index in [4.69, 9.17) is 16.3 Å². The van der Waals surface area contributed by atoms with Crippen LogP contribution in [0.2, 0.25) is 5.02 Å². The third-order valence-electron chi connectivity index (χ3n) is 3.79. The lowest BCUT2D eigenvalue weighted by Crippen LogP contribution is -2.22. The van der Waals surface area contributed by atoms with Crippen molar-refractivity contribution in [3.05, 3.63) is 58.1 Å². The molecule has 2 aromatic carbocycles. The zero-order chi connectivity index (χ0) is 16.8. The minimum absolute atomic E-state index is 0.0241. The molecule has 0 bridgehead atoms. The molecule has 2 rings (SSSR count). The zero-order valence-corrected chi connectivity index (χ0v) is 14.5. The number of anilines is 1. The van der Waals surface area contributed by atoms with Crippen molar-refractivity contribution in [2.75, 3.05) is 11.9 Å². The summed E-state index contributed by atoms with van der Waals surface area (Å²) in [6, 6.07) is 11.5. The molecule has 0 radical (unpaired) electrons. The maximum Gasteiger partial charge on any atom is 0.262 e. The highest BCUT2D eigenvalue weighted by molar-refractivity contribution is 6.32. The minimum atomic E-state index is -0.181. The summed E-state index contributed by atoms with van der Waals surface area (Å²) in [5.41, 5.74) is 3.87. The number of rotatable bonds is 6. The van der Waals surface area contributed by atoms with Crippen LogP contribution in [0.25, 0.3) is 0 Å². The summed E-state index contributed by atoms with van der Waals surface area (Å²) in [7, 11) is 0. The van der Waals surface area contributed by atoms with Crippen molar-refractivity contribution in [2.45, 2.75) is 33.6 Å². The van der Waals surface area contributed by atoms with Crippen LogP contribution in [0.15, 0.2) is 36.4 Å². The number of amides is 1. The highest BCUT2D eigenvalue weighted by Gasteiger charge is 2.13. The molecule has 0 spiro atoms. The van der Waals surface area contributed by atoms with Gasteiger partial charge in [-0.25, -0.2) is 0 Å². The van der Waals surface area contributed by atoms with Crippen LogP contribution in [0.3, 0.4) is 0 Å². The quantitative estimate of drug-likeness (QED) is 0.826. The number of benzene rings is 2. The molecule has 122 valence electrons. The summed E-state index contributed by atoms with van der Waals surface area (Å²) < 4.78 is 5.60. The van der Waals surface area contributed by atoms with Gasteiger partial charge in [0.05, 0.1) is 0 Å². The predicted molar refractivity (Wildman–Crippen MR) is 95.5 cm³/mol. The first kappa shape index (κ1) is 17.4. The van der Waals surface area contributed by atoms with Gasteiger partial charge >= 0.3 is 0 Å². The Morgan fingerprint density at radius 1 is 1.13 bits per heavy atom. The molecular formula is C19H22ClNO2. The Labute approximate surface area is 142 Å². The second-order valence-electron chi connectivity index (χ2n) is 5.37. The molecule has 2 aromatic rings. The summed E-state index contributed by atoms with van der Waals surface area (Å²) in [5, 5.41) is 3.64. The number of carbonyl (C=O) groups excluding carboxylic acids is 1. The Kier molecular flexibility index (Phi) is 6.05. The molecule has 0 aromatic heterocycles. The predicted octanol–water partition coefficient (Wildman–Crippen LogP) is 4.79. The second-order valence-corrected chi connectivity index (χ2v) is 5.78. The van der Waals surface area contributed by atoms with Gasteiger partial charge < -0.3 is 10.1 Å². The van der Waals surface area contributed by atoms with Crippen LogP contribution >= 0.6 is 11.6 Å². The molecule has 0 aliphatic carbocycles. The fourth-order valence-electron chi connectivity index (χ4n) is 2.50. The van der Waals surface area contributed by atoms with E-state index in [1.807, 2.05) is 50.2 Å². The first-order valence-corrected chi connectivity index (χ1v) is 8.23. The van der Waals surface area contributed by atoms with E-state index < -0.39 is 0 Å². The van der Waals surface area contributed by atoms with E-state index in [-0.39, 0.29) is 12.5 Å². The molecule has 3 nitrogen and oxygen atoms in total. The van der Waals surface area contributed by atoms with Gasteiger partial charge in [-0.15, -0.1) is 0 Å². The molecule has 0 atom stereocenters. The SMILES string of the molecule is CCc1ccc(Cl)c(CC)c1NC(=O)COc1ccccc1C. The first-order valence-electron chi connectivity index (χ1n) is 7.85. The number of nitrogens with one attached hydrogen (secondary N) is 1. The van der Waals surface area contributed by atoms with Crippen molar-refractivity contribution in [3.63, 3.8) is 0 Å². The Hall–Kier alpha value is -2.00. The molecule has 1 N–H and O–H groups in total. The Bertz CT molecular complexity index is 698. The normalized spacial score (nSPS) is 10.4. The number of hydrogen-bond acceptors (Lipinski definition) is 2. The summed E-state index contributed by atoms with van der Waals surface area (Å²) in [6.45, 7) is 6.01. The topological polar surface area (TPSA) is 38.3 Å². The molecule has 0 heterocycles. The maximum absolute atomic E-state index is 12.3. The van der Waals surface area contributed by atoms with Gasteiger partial charge in [-0.3, -0.25) is 4.79 Å². The Morgan fingerprint density at radius 2 is 1.87 bits per heavy atom. The van der Waals surface area contributed by atoms with Crippen LogP contribution in [-0.4, -0.2) is 12.5 Å². The molecule has 0 unspecified atom stereocenters. The number of carbonyl (C=O) groups is 1. The van der Waals surface area contributed by atoms with Crippen LogP contribution in [0, 0.1) is 6.92 Å². The number of hydrogen-bond donors (Lipinski definition) is 1. The van der Waals surface area contributed by atoms with Crippen LogP contribution in [0.5, 0.6) is 5.75 Å². The van der Waals surface area contributed by atoms with Gasteiger partial charge in [-0.2, -0.15) is 0 Å². The molecule has 23 heavy (non-hydrogen) atoms. The van der Waals surface area contributed by atoms with Crippen LogP contribution in [0.1, 0.15) is 30.5 Å². The third-order valence-corrected chi connectivity index (χ3v) is 4.15. The average Bonchev–Trinajstić information content (AvgIpc) is 2.54. The summed E-state index contributed by atoms with van der Waals surface area (Å²) in [4.78, 5) is 12.3. The molecular weight excluding hydrogens is 310 g/mol. The van der Waals surface area contributed by atoms with Gasteiger partial charge in [-0.05, 0) is 48.6 Å². The maximum atomic E-state index is 12.3. The molecule has 0 saturated heterocycles. The van der Waals surface area contributed by atoms with Gasteiger partial charge in [-0.1, -0.05) is 49.7 Å². The Balaban J connectivity index is 2.11. The van der Waals surface area contributed by atoms with E-state index >= 15 is 0 Å². The monoisotopic (exact) mass is 331 g/mol. The van der Waals surface area contributed by atoms with Crippen LogP contribution < -0.4 is 10.1 Å². The number of para-hydroxylation sites is 1. The molecule has 0 aliphatic rings. The third kappa shape index (κ3) is 4.26. The molecule has 0 fully saturated rings. The largest absolute Gasteiger partial charge is 0.483 e. The van der Waals surface area contributed by atoms with Gasteiger partial charge in [0, 0.05) is 10.7 Å². The van der Waals surface area contributed by atoms with E-state index in [9.17, 15) is 4.79 Å². The molecule has 4 heteroatoms. The molecule has 0 aliphatic heterocycles.